The van der Waals surface area contributed by atoms with E-state index in [0.717, 1.165) is 16.3 Å². The van der Waals surface area contributed by atoms with E-state index in [-0.39, 0.29) is 5.97 Å². The van der Waals surface area contributed by atoms with E-state index in [9.17, 15) is 4.79 Å². The van der Waals surface area contributed by atoms with E-state index in [1.54, 1.807) is 6.92 Å². The van der Waals surface area contributed by atoms with Crippen LogP contribution in [0.5, 0.6) is 0 Å². The van der Waals surface area contributed by atoms with Crippen molar-refractivity contribution < 1.29 is 9.53 Å². The molecule has 22 heavy (non-hydrogen) atoms. The predicted octanol–water partition coefficient (Wildman–Crippen LogP) is 4.97. The highest BCUT2D eigenvalue weighted by molar-refractivity contribution is 6.27. The van der Waals surface area contributed by atoms with E-state index in [2.05, 4.69) is 0 Å². The van der Waals surface area contributed by atoms with Gasteiger partial charge in [0.1, 0.15) is 0 Å². The maximum atomic E-state index is 12.4. The van der Waals surface area contributed by atoms with Gasteiger partial charge in [0.25, 0.3) is 0 Å². The monoisotopic (exact) mass is 312 g/mol. The highest BCUT2D eigenvalue weighted by Gasteiger charge is 2.33. The molecule has 0 amide bonds. The Labute approximate surface area is 135 Å². The largest absolute Gasteiger partial charge is 0.462 e. The normalized spacial score (nSPS) is 20.3. The van der Waals surface area contributed by atoms with Gasteiger partial charge in [-0.1, -0.05) is 54.6 Å². The van der Waals surface area contributed by atoms with E-state index < -0.39 is 4.87 Å². The molecule has 0 saturated carbocycles. The number of esters is 1. The quantitative estimate of drug-likeness (QED) is 0.591. The van der Waals surface area contributed by atoms with Crippen LogP contribution in [0.3, 0.4) is 0 Å². The van der Waals surface area contributed by atoms with Crippen molar-refractivity contribution in [1.82, 2.24) is 0 Å². The molecule has 0 spiro atoms. The van der Waals surface area contributed by atoms with E-state index in [1.807, 2.05) is 60.7 Å². The smallest absolute Gasteiger partial charge is 0.338 e. The Balaban J connectivity index is 2.28. The molecule has 1 unspecified atom stereocenters. The van der Waals surface area contributed by atoms with E-state index in [1.165, 1.54) is 0 Å². The van der Waals surface area contributed by atoms with Crippen molar-refractivity contribution in [3.05, 3.63) is 71.8 Å². The summed E-state index contributed by atoms with van der Waals surface area (Å²) in [6.07, 6.45) is 8.50. The Bertz CT molecular complexity index is 776. The minimum absolute atomic E-state index is 0.328. The minimum Gasteiger partial charge on any atom is -0.462 e. The molecule has 1 aliphatic carbocycles. The number of halogens is 1. The van der Waals surface area contributed by atoms with Crippen molar-refractivity contribution in [2.24, 2.45) is 0 Å². The number of fused-ring (bicyclic) bond motifs is 1. The van der Waals surface area contributed by atoms with Gasteiger partial charge in [-0.3, -0.25) is 0 Å². The van der Waals surface area contributed by atoms with E-state index in [4.69, 9.17) is 16.3 Å². The second-order valence-corrected chi connectivity index (χ2v) is 5.96. The van der Waals surface area contributed by atoms with Crippen LogP contribution in [0.2, 0.25) is 0 Å². The number of rotatable bonds is 3. The van der Waals surface area contributed by atoms with Crippen LogP contribution in [0.4, 0.5) is 0 Å². The Morgan fingerprint density at radius 3 is 2.77 bits per heavy atom. The van der Waals surface area contributed by atoms with Crippen molar-refractivity contribution in [3.8, 4) is 0 Å². The predicted molar refractivity (Wildman–Crippen MR) is 90.3 cm³/mol. The summed E-state index contributed by atoms with van der Waals surface area (Å²) < 4.78 is 5.21. The van der Waals surface area contributed by atoms with Crippen LogP contribution >= 0.6 is 11.6 Å². The molecule has 0 fully saturated rings. The van der Waals surface area contributed by atoms with Gasteiger partial charge in [-0.25, -0.2) is 4.79 Å². The Morgan fingerprint density at radius 2 is 2.05 bits per heavy atom. The SMILES string of the molecule is CCOC(=O)c1ccc2ccccc2c1C1(Cl)C=CC=CC1. The average Bonchev–Trinajstić information content (AvgIpc) is 2.54. The third-order valence-corrected chi connectivity index (χ3v) is 4.33. The van der Waals surface area contributed by atoms with Crippen molar-refractivity contribution in [3.63, 3.8) is 0 Å². The second kappa shape index (κ2) is 5.98. The molecule has 1 aliphatic rings. The lowest BCUT2D eigenvalue weighted by Crippen LogP contribution is -2.22. The number of carbonyl (C=O) groups is 1. The van der Waals surface area contributed by atoms with Gasteiger partial charge in [0, 0.05) is 0 Å². The molecule has 2 aromatic rings. The summed E-state index contributed by atoms with van der Waals surface area (Å²) in [4.78, 5) is 11.6. The first-order valence-corrected chi connectivity index (χ1v) is 7.76. The lowest BCUT2D eigenvalue weighted by molar-refractivity contribution is 0.0524. The summed E-state index contributed by atoms with van der Waals surface area (Å²) in [6, 6.07) is 11.7. The van der Waals surface area contributed by atoms with Crippen LogP contribution < -0.4 is 0 Å². The zero-order valence-electron chi connectivity index (χ0n) is 12.4. The Hall–Kier alpha value is -2.06. The van der Waals surface area contributed by atoms with Crippen molar-refractivity contribution in [1.29, 1.82) is 0 Å². The molecular formula is C19H17ClO2. The molecule has 0 saturated heterocycles. The molecule has 112 valence electrons. The summed E-state index contributed by atoms with van der Waals surface area (Å²) in [7, 11) is 0. The standard InChI is InChI=1S/C19H17ClO2/c1-2-22-18(21)16-11-10-14-8-4-5-9-15(14)17(16)19(20)12-6-3-7-13-19/h3-12H,2,13H2,1H3. The van der Waals surface area contributed by atoms with Crippen LogP contribution in [-0.2, 0) is 9.61 Å². The molecule has 2 nitrogen and oxygen atoms in total. The van der Waals surface area contributed by atoms with Gasteiger partial charge < -0.3 is 4.74 Å². The molecular weight excluding hydrogens is 296 g/mol. The lowest BCUT2D eigenvalue weighted by Gasteiger charge is -2.28. The molecule has 1 atom stereocenters. The zero-order chi connectivity index (χ0) is 15.6. The Kier molecular flexibility index (Phi) is 4.04. The van der Waals surface area contributed by atoms with Gasteiger partial charge >= 0.3 is 5.97 Å². The highest BCUT2D eigenvalue weighted by atomic mass is 35.5. The third kappa shape index (κ3) is 2.55. The molecule has 2 aromatic carbocycles. The average molecular weight is 313 g/mol. The highest BCUT2D eigenvalue weighted by Crippen LogP contribution is 2.42. The summed E-state index contributed by atoms with van der Waals surface area (Å²) >= 11 is 6.88. The fourth-order valence-corrected chi connectivity index (χ4v) is 3.24. The fourth-order valence-electron chi connectivity index (χ4n) is 2.88. The Morgan fingerprint density at radius 1 is 1.23 bits per heavy atom. The first-order chi connectivity index (χ1) is 10.7. The fraction of sp³-hybridized carbons (Fsp3) is 0.211. The molecule has 0 aromatic heterocycles. The first kappa shape index (κ1) is 14.9. The first-order valence-electron chi connectivity index (χ1n) is 7.38. The minimum atomic E-state index is -0.724. The second-order valence-electron chi connectivity index (χ2n) is 5.28. The lowest BCUT2D eigenvalue weighted by atomic mass is 9.84. The van der Waals surface area contributed by atoms with Gasteiger partial charge in [-0.2, -0.15) is 0 Å². The number of hydrogen-bond donors (Lipinski definition) is 0. The third-order valence-electron chi connectivity index (χ3n) is 3.86. The van der Waals surface area contributed by atoms with Crippen LogP contribution in [0.1, 0.15) is 29.3 Å². The van der Waals surface area contributed by atoms with E-state index in [0.29, 0.717) is 18.6 Å². The molecule has 3 rings (SSSR count). The van der Waals surface area contributed by atoms with Crippen molar-refractivity contribution >= 4 is 28.3 Å². The van der Waals surface area contributed by atoms with Gasteiger partial charge in [0.15, 0.2) is 0 Å². The number of benzene rings is 2. The number of allylic oxidation sites excluding steroid dienone is 4. The summed E-state index contributed by atoms with van der Waals surface area (Å²) in [6.45, 7) is 2.15. The van der Waals surface area contributed by atoms with Gasteiger partial charge in [0.05, 0.1) is 17.0 Å². The number of ether oxygens (including phenoxy) is 1. The molecule has 0 aliphatic heterocycles. The molecule has 0 bridgehead atoms. The van der Waals surface area contributed by atoms with Crippen LogP contribution in [0.15, 0.2) is 60.7 Å². The topological polar surface area (TPSA) is 26.3 Å². The molecule has 3 heteroatoms. The summed E-state index contributed by atoms with van der Waals surface area (Å²) in [5, 5.41) is 2.05. The van der Waals surface area contributed by atoms with Crippen LogP contribution in [0, 0.1) is 0 Å². The van der Waals surface area contributed by atoms with Gasteiger partial charge in [0.2, 0.25) is 0 Å². The van der Waals surface area contributed by atoms with Crippen LogP contribution in [0.25, 0.3) is 10.8 Å². The van der Waals surface area contributed by atoms with Crippen LogP contribution in [-0.4, -0.2) is 12.6 Å². The summed E-state index contributed by atoms with van der Waals surface area (Å²) in [5.41, 5.74) is 1.36. The van der Waals surface area contributed by atoms with Gasteiger partial charge in [-0.15, -0.1) is 11.6 Å². The molecule has 0 N–H and O–H groups in total. The number of hydrogen-bond acceptors (Lipinski definition) is 2. The zero-order valence-corrected chi connectivity index (χ0v) is 13.1. The molecule has 0 radical (unpaired) electrons. The maximum Gasteiger partial charge on any atom is 0.338 e. The summed E-state index contributed by atoms with van der Waals surface area (Å²) in [5.74, 6) is -0.328. The number of carbonyl (C=O) groups excluding carboxylic acids is 1. The van der Waals surface area contributed by atoms with Crippen molar-refractivity contribution in [2.75, 3.05) is 6.61 Å². The van der Waals surface area contributed by atoms with Crippen molar-refractivity contribution in [2.45, 2.75) is 18.2 Å². The van der Waals surface area contributed by atoms with Gasteiger partial charge in [-0.05, 0) is 35.7 Å². The number of alkyl halides is 1. The maximum absolute atomic E-state index is 12.4. The molecule has 0 heterocycles. The van der Waals surface area contributed by atoms with E-state index >= 15 is 0 Å².